The topological polar surface area (TPSA) is 74.7 Å². The first-order valence-electron chi connectivity index (χ1n) is 6.14. The highest BCUT2D eigenvalue weighted by Crippen LogP contribution is 2.24. The summed E-state index contributed by atoms with van der Waals surface area (Å²) < 4.78 is 26.3. The van der Waals surface area contributed by atoms with E-state index in [0.717, 1.165) is 17.8 Å². The van der Waals surface area contributed by atoms with Crippen molar-refractivity contribution in [3.05, 3.63) is 17.0 Å². The third kappa shape index (κ3) is 3.77. The Labute approximate surface area is 117 Å². The standard InChI is InChI=1S/C12H19NO4S2/c1-4-9(3)7-13(5-2)19(16,17)11-6-10(8-18-11)12(14)15/h6,8-9H,4-5,7H2,1-3H3,(H,14,15). The number of carboxylic acids is 1. The minimum atomic E-state index is -3.58. The van der Waals surface area contributed by atoms with Crippen molar-refractivity contribution in [3.8, 4) is 0 Å². The van der Waals surface area contributed by atoms with Gasteiger partial charge in [-0.25, -0.2) is 13.2 Å². The molecule has 0 saturated carbocycles. The molecular weight excluding hydrogens is 286 g/mol. The van der Waals surface area contributed by atoms with Gasteiger partial charge in [0.1, 0.15) is 4.21 Å². The van der Waals surface area contributed by atoms with E-state index in [4.69, 9.17) is 5.11 Å². The van der Waals surface area contributed by atoms with Crippen LogP contribution in [0.4, 0.5) is 0 Å². The smallest absolute Gasteiger partial charge is 0.336 e. The summed E-state index contributed by atoms with van der Waals surface area (Å²) in [5.41, 5.74) is 0.0168. The van der Waals surface area contributed by atoms with E-state index in [2.05, 4.69) is 0 Å². The van der Waals surface area contributed by atoms with Crippen molar-refractivity contribution in [3.63, 3.8) is 0 Å². The Morgan fingerprint density at radius 1 is 1.47 bits per heavy atom. The van der Waals surface area contributed by atoms with Gasteiger partial charge in [0.05, 0.1) is 5.56 Å². The number of carboxylic acid groups (broad SMARTS) is 1. The van der Waals surface area contributed by atoms with Crippen LogP contribution in [0.1, 0.15) is 37.6 Å². The second-order valence-electron chi connectivity index (χ2n) is 4.43. The summed E-state index contributed by atoms with van der Waals surface area (Å²) in [6.07, 6.45) is 0.900. The summed E-state index contributed by atoms with van der Waals surface area (Å²) in [5, 5.41) is 10.2. The molecule has 0 fully saturated rings. The molecule has 1 atom stereocenters. The molecule has 0 amide bonds. The number of hydrogen-bond acceptors (Lipinski definition) is 4. The predicted octanol–water partition coefficient (Wildman–Crippen LogP) is 2.50. The second-order valence-corrected chi connectivity index (χ2v) is 7.50. The lowest BCUT2D eigenvalue weighted by molar-refractivity contribution is 0.0697. The van der Waals surface area contributed by atoms with Crippen molar-refractivity contribution < 1.29 is 18.3 Å². The SMILES string of the molecule is CCC(C)CN(CC)S(=O)(=O)c1cc(C(=O)O)cs1. The first-order valence-corrected chi connectivity index (χ1v) is 8.46. The van der Waals surface area contributed by atoms with Gasteiger partial charge in [0.2, 0.25) is 0 Å². The molecule has 19 heavy (non-hydrogen) atoms. The predicted molar refractivity (Wildman–Crippen MR) is 75.2 cm³/mol. The summed E-state index contributed by atoms with van der Waals surface area (Å²) in [5.74, 6) is -0.837. The van der Waals surface area contributed by atoms with Crippen molar-refractivity contribution in [2.24, 2.45) is 5.92 Å². The van der Waals surface area contributed by atoms with Crippen molar-refractivity contribution in [1.29, 1.82) is 0 Å². The molecule has 7 heteroatoms. The zero-order chi connectivity index (χ0) is 14.6. The van der Waals surface area contributed by atoms with Crippen molar-refractivity contribution in [2.45, 2.75) is 31.4 Å². The summed E-state index contributed by atoms with van der Waals surface area (Å²) in [7, 11) is -3.58. The van der Waals surface area contributed by atoms with E-state index in [1.807, 2.05) is 13.8 Å². The monoisotopic (exact) mass is 305 g/mol. The molecule has 5 nitrogen and oxygen atoms in total. The highest BCUT2D eigenvalue weighted by atomic mass is 32.2. The van der Waals surface area contributed by atoms with Crippen molar-refractivity contribution in [1.82, 2.24) is 4.31 Å². The van der Waals surface area contributed by atoms with Gasteiger partial charge in [-0.2, -0.15) is 4.31 Å². The lowest BCUT2D eigenvalue weighted by Gasteiger charge is -2.22. The normalized spacial score (nSPS) is 13.7. The molecule has 0 bridgehead atoms. The van der Waals surface area contributed by atoms with Gasteiger partial charge in [-0.1, -0.05) is 27.2 Å². The summed E-state index contributed by atoms with van der Waals surface area (Å²) >= 11 is 0.953. The molecule has 108 valence electrons. The Hall–Kier alpha value is -0.920. The van der Waals surface area contributed by atoms with E-state index in [9.17, 15) is 13.2 Å². The first-order chi connectivity index (χ1) is 8.82. The van der Waals surface area contributed by atoms with Crippen LogP contribution in [0.3, 0.4) is 0 Å². The van der Waals surface area contributed by atoms with Gasteiger partial charge in [0, 0.05) is 18.5 Å². The highest BCUT2D eigenvalue weighted by Gasteiger charge is 2.26. The summed E-state index contributed by atoms with van der Waals surface area (Å²) in [4.78, 5) is 10.8. The molecule has 1 aromatic rings. The van der Waals surface area contributed by atoms with Gasteiger partial charge >= 0.3 is 5.97 Å². The average Bonchev–Trinajstić information content (AvgIpc) is 2.85. The molecule has 0 saturated heterocycles. The minimum absolute atomic E-state index is 0.0168. The largest absolute Gasteiger partial charge is 0.478 e. The van der Waals surface area contributed by atoms with Gasteiger partial charge in [-0.3, -0.25) is 0 Å². The van der Waals surface area contributed by atoms with Crippen LogP contribution in [0.2, 0.25) is 0 Å². The molecule has 0 aliphatic heterocycles. The molecule has 1 aromatic heterocycles. The molecule has 1 heterocycles. The van der Waals surface area contributed by atoms with E-state index < -0.39 is 16.0 Å². The van der Waals surface area contributed by atoms with Crippen LogP contribution in [-0.4, -0.2) is 36.9 Å². The molecule has 0 aromatic carbocycles. The van der Waals surface area contributed by atoms with Crippen LogP contribution in [0, 0.1) is 5.92 Å². The number of carbonyl (C=O) groups is 1. The fourth-order valence-corrected chi connectivity index (χ4v) is 4.44. The fourth-order valence-electron chi connectivity index (χ4n) is 1.57. The van der Waals surface area contributed by atoms with Gasteiger partial charge in [0.15, 0.2) is 0 Å². The quantitative estimate of drug-likeness (QED) is 0.840. The second kappa shape index (κ2) is 6.49. The average molecular weight is 305 g/mol. The molecule has 1 rings (SSSR count). The van der Waals surface area contributed by atoms with E-state index in [0.29, 0.717) is 13.1 Å². The number of thiophene rings is 1. The number of hydrogen-bond donors (Lipinski definition) is 1. The van der Waals surface area contributed by atoms with E-state index in [1.165, 1.54) is 15.8 Å². The third-order valence-electron chi connectivity index (χ3n) is 2.98. The van der Waals surface area contributed by atoms with Gasteiger partial charge in [-0.05, 0) is 12.0 Å². The molecule has 1 unspecified atom stereocenters. The number of nitrogens with zero attached hydrogens (tertiary/aromatic N) is 1. The molecule has 0 aliphatic rings. The summed E-state index contributed by atoms with van der Waals surface area (Å²) in [6, 6.07) is 1.22. The Kier molecular flexibility index (Phi) is 5.51. The Morgan fingerprint density at radius 3 is 2.53 bits per heavy atom. The number of aromatic carboxylic acids is 1. The fraction of sp³-hybridized carbons (Fsp3) is 0.583. The number of rotatable bonds is 7. The van der Waals surface area contributed by atoms with Crippen molar-refractivity contribution >= 4 is 27.3 Å². The van der Waals surface area contributed by atoms with Crippen LogP contribution in [0.25, 0.3) is 0 Å². The lowest BCUT2D eigenvalue weighted by Crippen LogP contribution is -2.34. The van der Waals surface area contributed by atoms with Crippen LogP contribution in [0.5, 0.6) is 0 Å². The highest BCUT2D eigenvalue weighted by molar-refractivity contribution is 7.91. The van der Waals surface area contributed by atoms with Crippen LogP contribution in [0.15, 0.2) is 15.7 Å². The molecule has 0 spiro atoms. The van der Waals surface area contributed by atoms with Crippen LogP contribution in [-0.2, 0) is 10.0 Å². The van der Waals surface area contributed by atoms with Crippen molar-refractivity contribution in [2.75, 3.05) is 13.1 Å². The molecular formula is C12H19NO4S2. The maximum Gasteiger partial charge on any atom is 0.336 e. The first kappa shape index (κ1) is 16.1. The van der Waals surface area contributed by atoms with Gasteiger partial charge in [-0.15, -0.1) is 11.3 Å². The van der Waals surface area contributed by atoms with E-state index in [-0.39, 0.29) is 15.7 Å². The molecule has 0 radical (unpaired) electrons. The number of sulfonamides is 1. The Balaban J connectivity index is 3.02. The maximum atomic E-state index is 12.4. The third-order valence-corrected chi connectivity index (χ3v) is 6.34. The van der Waals surface area contributed by atoms with Gasteiger partial charge in [0.25, 0.3) is 10.0 Å². The Morgan fingerprint density at radius 2 is 2.11 bits per heavy atom. The van der Waals surface area contributed by atoms with E-state index in [1.54, 1.807) is 6.92 Å². The zero-order valence-electron chi connectivity index (χ0n) is 11.3. The summed E-state index contributed by atoms with van der Waals surface area (Å²) in [6.45, 7) is 6.63. The molecule has 1 N–H and O–H groups in total. The van der Waals surface area contributed by atoms with Gasteiger partial charge < -0.3 is 5.11 Å². The Bertz CT molecular complexity index is 536. The maximum absolute atomic E-state index is 12.4. The van der Waals surface area contributed by atoms with Crippen LogP contribution < -0.4 is 0 Å². The zero-order valence-corrected chi connectivity index (χ0v) is 12.9. The van der Waals surface area contributed by atoms with E-state index >= 15 is 0 Å². The minimum Gasteiger partial charge on any atom is -0.478 e. The van der Waals surface area contributed by atoms with Crippen LogP contribution >= 0.6 is 11.3 Å². The lowest BCUT2D eigenvalue weighted by atomic mass is 10.1. The molecule has 0 aliphatic carbocycles.